The summed E-state index contributed by atoms with van der Waals surface area (Å²) in [5.41, 5.74) is 0.769. The van der Waals surface area contributed by atoms with Crippen molar-refractivity contribution in [1.82, 2.24) is 0 Å². The first-order valence-electron chi connectivity index (χ1n) is 6.44. The van der Waals surface area contributed by atoms with Gasteiger partial charge in [0, 0.05) is 10.0 Å². The van der Waals surface area contributed by atoms with E-state index in [1.54, 1.807) is 12.1 Å². The van der Waals surface area contributed by atoms with E-state index in [0.717, 1.165) is 11.8 Å². The van der Waals surface area contributed by atoms with Gasteiger partial charge in [-0.2, -0.15) is 0 Å². The number of hydrogen-bond donors (Lipinski definition) is 0. The second-order valence-corrected chi connectivity index (χ2v) is 7.25. The number of rotatable bonds is 2. The van der Waals surface area contributed by atoms with Crippen molar-refractivity contribution in [1.29, 1.82) is 0 Å². The molecular weight excluding hydrogens is 404 g/mol. The maximum Gasteiger partial charge on any atom is 0.270 e. The van der Waals surface area contributed by atoms with Crippen LogP contribution < -0.4 is 4.90 Å². The van der Waals surface area contributed by atoms with Gasteiger partial charge in [0.05, 0.1) is 10.6 Å². The monoisotopic (exact) mass is 411 g/mol. The molecule has 0 aromatic heterocycles. The summed E-state index contributed by atoms with van der Waals surface area (Å²) in [6, 6.07) is 9.94. The fraction of sp³-hybridized carbons (Fsp3) is 0. The molecule has 0 N–H and O–H groups in total. The van der Waals surface area contributed by atoms with Crippen LogP contribution in [0.2, 0.25) is 0 Å². The molecule has 0 aliphatic carbocycles. The van der Waals surface area contributed by atoms with Crippen molar-refractivity contribution in [2.75, 3.05) is 4.90 Å². The van der Waals surface area contributed by atoms with Gasteiger partial charge < -0.3 is 0 Å². The standard InChI is InChI=1S/C16H8BrF2NOS2/c17-10-1-6-13(19)9(7-10)8-14-15(21)20(16(22)23-14)12-4-2-11(18)3-5-12/h1-8H/b14-8+. The van der Waals surface area contributed by atoms with E-state index in [1.165, 1.54) is 41.3 Å². The van der Waals surface area contributed by atoms with E-state index < -0.39 is 11.6 Å². The van der Waals surface area contributed by atoms with Crippen LogP contribution in [0, 0.1) is 11.6 Å². The Morgan fingerprint density at radius 1 is 1.13 bits per heavy atom. The molecule has 1 saturated heterocycles. The molecule has 1 aliphatic heterocycles. The highest BCUT2D eigenvalue weighted by Gasteiger charge is 2.33. The molecule has 1 aliphatic rings. The van der Waals surface area contributed by atoms with Crippen LogP contribution in [0.5, 0.6) is 0 Å². The molecule has 1 heterocycles. The molecule has 2 aromatic carbocycles. The average Bonchev–Trinajstić information content (AvgIpc) is 2.79. The molecule has 0 atom stereocenters. The molecule has 0 bridgehead atoms. The number of carbonyl (C=O) groups is 1. The molecule has 3 rings (SSSR count). The van der Waals surface area contributed by atoms with E-state index in [0.29, 0.717) is 24.9 Å². The normalized spacial score (nSPS) is 16.5. The summed E-state index contributed by atoms with van der Waals surface area (Å²) >= 11 is 9.57. The lowest BCUT2D eigenvalue weighted by Crippen LogP contribution is -2.27. The van der Waals surface area contributed by atoms with Gasteiger partial charge >= 0.3 is 0 Å². The molecule has 7 heteroatoms. The van der Waals surface area contributed by atoms with Gasteiger partial charge in [0.1, 0.15) is 11.6 Å². The Balaban J connectivity index is 1.96. The van der Waals surface area contributed by atoms with Crippen LogP contribution in [0.4, 0.5) is 14.5 Å². The van der Waals surface area contributed by atoms with E-state index in [1.807, 2.05) is 0 Å². The molecule has 0 unspecified atom stereocenters. The molecule has 1 fully saturated rings. The summed E-state index contributed by atoms with van der Waals surface area (Å²) in [6.45, 7) is 0. The van der Waals surface area contributed by atoms with Crippen LogP contribution in [0.25, 0.3) is 6.08 Å². The molecule has 23 heavy (non-hydrogen) atoms. The highest BCUT2D eigenvalue weighted by Crippen LogP contribution is 2.36. The third kappa shape index (κ3) is 3.36. The second-order valence-electron chi connectivity index (χ2n) is 4.66. The van der Waals surface area contributed by atoms with Crippen LogP contribution in [0.1, 0.15) is 5.56 Å². The molecule has 2 aromatic rings. The Labute approximate surface area is 149 Å². The van der Waals surface area contributed by atoms with Gasteiger partial charge in [-0.05, 0) is 48.5 Å². The number of thiocarbonyl (C=S) groups is 1. The quantitative estimate of drug-likeness (QED) is 0.504. The number of nitrogens with zero attached hydrogens (tertiary/aromatic N) is 1. The molecular formula is C16H8BrF2NOS2. The van der Waals surface area contributed by atoms with Gasteiger partial charge in [-0.3, -0.25) is 9.69 Å². The first kappa shape index (κ1) is 16.3. The lowest BCUT2D eigenvalue weighted by Gasteiger charge is -2.14. The van der Waals surface area contributed by atoms with E-state index in [-0.39, 0.29) is 5.91 Å². The van der Waals surface area contributed by atoms with Crippen molar-refractivity contribution < 1.29 is 13.6 Å². The Hall–Kier alpha value is -1.57. The summed E-state index contributed by atoms with van der Waals surface area (Å²) in [7, 11) is 0. The zero-order valence-electron chi connectivity index (χ0n) is 11.4. The van der Waals surface area contributed by atoms with Gasteiger partial charge in [0.15, 0.2) is 4.32 Å². The smallest absolute Gasteiger partial charge is 0.268 e. The predicted molar refractivity (Wildman–Crippen MR) is 96.2 cm³/mol. The third-order valence-corrected chi connectivity index (χ3v) is 4.92. The summed E-state index contributed by atoms with van der Waals surface area (Å²) in [6.07, 6.45) is 1.46. The Morgan fingerprint density at radius 3 is 2.52 bits per heavy atom. The fourth-order valence-corrected chi connectivity index (χ4v) is 3.72. The number of amides is 1. The number of hydrogen-bond acceptors (Lipinski definition) is 3. The maximum absolute atomic E-state index is 13.8. The van der Waals surface area contributed by atoms with Gasteiger partial charge in [-0.25, -0.2) is 8.78 Å². The van der Waals surface area contributed by atoms with Crippen LogP contribution in [0.3, 0.4) is 0 Å². The molecule has 116 valence electrons. The van der Waals surface area contributed by atoms with Gasteiger partial charge in [-0.1, -0.05) is 39.9 Å². The highest BCUT2D eigenvalue weighted by molar-refractivity contribution is 9.10. The van der Waals surface area contributed by atoms with Crippen LogP contribution in [0.15, 0.2) is 51.8 Å². The van der Waals surface area contributed by atoms with Crippen molar-refractivity contribution in [2.45, 2.75) is 0 Å². The highest BCUT2D eigenvalue weighted by atomic mass is 79.9. The van der Waals surface area contributed by atoms with Crippen LogP contribution in [-0.4, -0.2) is 10.2 Å². The Kier molecular flexibility index (Phi) is 4.61. The Morgan fingerprint density at radius 2 is 1.83 bits per heavy atom. The molecule has 0 radical (unpaired) electrons. The summed E-state index contributed by atoms with van der Waals surface area (Å²) in [5, 5.41) is 0. The van der Waals surface area contributed by atoms with Crippen molar-refractivity contribution >= 4 is 61.9 Å². The second kappa shape index (κ2) is 6.51. The van der Waals surface area contributed by atoms with Crippen LogP contribution in [-0.2, 0) is 4.79 Å². The minimum Gasteiger partial charge on any atom is -0.268 e. The number of anilines is 1. The lowest BCUT2D eigenvalue weighted by molar-refractivity contribution is -0.113. The summed E-state index contributed by atoms with van der Waals surface area (Å²) in [4.78, 5) is 14.1. The average molecular weight is 412 g/mol. The zero-order valence-corrected chi connectivity index (χ0v) is 14.6. The van der Waals surface area contributed by atoms with Crippen LogP contribution >= 0.6 is 39.9 Å². The lowest BCUT2D eigenvalue weighted by atomic mass is 10.2. The number of thioether (sulfide) groups is 1. The predicted octanol–water partition coefficient (Wildman–Crippen LogP) is 5.13. The summed E-state index contributed by atoms with van der Waals surface area (Å²) < 4.78 is 27.9. The van der Waals surface area contributed by atoms with E-state index in [9.17, 15) is 13.6 Å². The number of halogens is 3. The van der Waals surface area contributed by atoms with Crippen molar-refractivity contribution in [3.63, 3.8) is 0 Å². The van der Waals surface area contributed by atoms with Gasteiger partial charge in [0.25, 0.3) is 5.91 Å². The fourth-order valence-electron chi connectivity index (χ4n) is 2.05. The maximum atomic E-state index is 13.8. The minimum absolute atomic E-state index is 0.291. The molecule has 0 spiro atoms. The third-order valence-electron chi connectivity index (χ3n) is 3.12. The first-order chi connectivity index (χ1) is 11.0. The topological polar surface area (TPSA) is 20.3 Å². The first-order valence-corrected chi connectivity index (χ1v) is 8.46. The van der Waals surface area contributed by atoms with Gasteiger partial charge in [0.2, 0.25) is 0 Å². The number of benzene rings is 2. The summed E-state index contributed by atoms with van der Waals surface area (Å²) in [5.74, 6) is -1.18. The van der Waals surface area contributed by atoms with E-state index >= 15 is 0 Å². The van der Waals surface area contributed by atoms with Crippen molar-refractivity contribution in [3.05, 3.63) is 69.0 Å². The van der Waals surface area contributed by atoms with E-state index in [2.05, 4.69) is 15.9 Å². The minimum atomic E-state index is -0.430. The largest absolute Gasteiger partial charge is 0.270 e. The molecule has 2 nitrogen and oxygen atoms in total. The van der Waals surface area contributed by atoms with Gasteiger partial charge in [-0.15, -0.1) is 0 Å². The van der Waals surface area contributed by atoms with Crippen molar-refractivity contribution in [3.8, 4) is 0 Å². The SMILES string of the molecule is O=C1/C(=C\c2cc(Br)ccc2F)SC(=S)N1c1ccc(F)cc1. The molecule has 1 amide bonds. The number of carbonyl (C=O) groups excluding carboxylic acids is 1. The zero-order chi connectivity index (χ0) is 16.6. The Bertz CT molecular complexity index is 836. The van der Waals surface area contributed by atoms with E-state index in [4.69, 9.17) is 12.2 Å². The van der Waals surface area contributed by atoms with Crippen molar-refractivity contribution in [2.24, 2.45) is 0 Å². The molecule has 0 saturated carbocycles.